The molecule has 0 radical (unpaired) electrons. The van der Waals surface area contributed by atoms with Gasteiger partial charge in [-0.2, -0.15) is 5.26 Å². The highest BCUT2D eigenvalue weighted by Crippen LogP contribution is 2.44. The number of amides is 2. The van der Waals surface area contributed by atoms with Gasteiger partial charge in [0.05, 0.1) is 6.07 Å². The number of carbonyl (C=O) groups excluding carboxylic acids is 2. The van der Waals surface area contributed by atoms with Gasteiger partial charge in [0.25, 0.3) is 5.91 Å². The normalized spacial score (nSPS) is 20.0. The molecule has 1 aliphatic carbocycles. The van der Waals surface area contributed by atoms with Crippen LogP contribution in [0.5, 0.6) is 0 Å². The number of carbonyl (C=O) groups is 2. The van der Waals surface area contributed by atoms with E-state index in [9.17, 15) is 14.9 Å². The van der Waals surface area contributed by atoms with Gasteiger partial charge >= 0.3 is 0 Å². The molecule has 3 atom stereocenters. The van der Waals surface area contributed by atoms with Gasteiger partial charge < -0.3 is 25.8 Å². The zero-order chi connectivity index (χ0) is 30.8. The second-order valence-corrected chi connectivity index (χ2v) is 12.1. The van der Waals surface area contributed by atoms with Crippen molar-refractivity contribution >= 4 is 17.5 Å². The van der Waals surface area contributed by atoms with Crippen molar-refractivity contribution in [3.63, 3.8) is 0 Å². The lowest BCUT2D eigenvalue weighted by Gasteiger charge is -2.36. The van der Waals surface area contributed by atoms with E-state index in [-0.39, 0.29) is 18.0 Å². The van der Waals surface area contributed by atoms with Crippen molar-refractivity contribution in [2.45, 2.75) is 56.5 Å². The minimum Gasteiger partial charge on any atom is -0.378 e. The van der Waals surface area contributed by atoms with Crippen molar-refractivity contribution in [2.24, 2.45) is 5.73 Å². The number of aryl methyl sites for hydroxylation is 2. The molecule has 1 fully saturated rings. The monoisotopic (exact) mass is 568 g/mol. The molecule has 4 rings (SSSR count). The fraction of sp³-hybridized carbons (Fsp3) is 0.441. The van der Waals surface area contributed by atoms with Crippen molar-refractivity contribution in [3.05, 3.63) is 88.6 Å². The highest BCUT2D eigenvalue weighted by molar-refractivity contribution is 5.96. The van der Waals surface area contributed by atoms with Crippen molar-refractivity contribution in [3.8, 4) is 6.07 Å². The summed E-state index contributed by atoms with van der Waals surface area (Å²) in [7, 11) is 7.39. The first-order chi connectivity index (χ1) is 19.9. The molecule has 2 amide bonds. The number of nitrogens with two attached hydrogens (primary N) is 1. The molecule has 8 nitrogen and oxygen atoms in total. The molecule has 1 aliphatic heterocycles. The van der Waals surface area contributed by atoms with Crippen LogP contribution in [-0.2, 0) is 23.1 Å². The summed E-state index contributed by atoms with van der Waals surface area (Å²) in [6.45, 7) is 11.9. The number of likely N-dealkylation sites (tertiary alicyclic amines) is 1. The van der Waals surface area contributed by atoms with Gasteiger partial charge in [-0.05, 0) is 85.0 Å². The number of nitriles is 1. The summed E-state index contributed by atoms with van der Waals surface area (Å²) in [6.07, 6.45) is 3.63. The molecule has 0 spiro atoms. The van der Waals surface area contributed by atoms with E-state index in [1.54, 1.807) is 25.1 Å². The van der Waals surface area contributed by atoms with Crippen LogP contribution in [0, 0.1) is 11.3 Å². The molecular formula is C34H44N6O2. The number of hydrogen-bond acceptors (Lipinski definition) is 6. The fourth-order valence-corrected chi connectivity index (χ4v) is 6.47. The Labute approximate surface area is 250 Å². The van der Waals surface area contributed by atoms with E-state index in [0.29, 0.717) is 31.4 Å². The molecule has 2 aliphatic rings. The number of fused-ring (bicyclic) bond motifs is 2. The molecule has 0 bridgehead atoms. The summed E-state index contributed by atoms with van der Waals surface area (Å²) in [6, 6.07) is 14.0. The fourth-order valence-electron chi connectivity index (χ4n) is 6.47. The lowest BCUT2D eigenvalue weighted by molar-refractivity contribution is -0.122. The zero-order valence-electron chi connectivity index (χ0n) is 25.7. The minimum absolute atomic E-state index is 0.0834. The van der Waals surface area contributed by atoms with Gasteiger partial charge in [-0.3, -0.25) is 9.59 Å². The Hall–Kier alpha value is -4.09. The number of nitrogens with one attached hydrogen (secondary N) is 1. The Balaban J connectivity index is 1.77. The standard InChI is InChI=1S/C34H44N6O2/c1-22(37-21-23(2)40-16-8-9-29(40)20-35)19-34(33(36)42)30-14-12-25(24(3)38(4)5)17-26(30)10-11-27-18-28(13-15-31(27)34)32(41)39(6)7/h12-15,17-18,22,29,37H,2-3,8-11,16,19,21H2,1,4-7H3,(H2,36,42)/t22-,29?,34?/m1/s1. The molecule has 42 heavy (non-hydrogen) atoms. The summed E-state index contributed by atoms with van der Waals surface area (Å²) in [5, 5.41) is 13.1. The first-order valence-electron chi connectivity index (χ1n) is 14.6. The SMILES string of the molecule is C=C(c1ccc2c(c1)CCc1cc(C(=O)N(C)C)ccc1C2(C[C@@H](C)NCC(=C)N1CCCC1C#N)C(N)=O)N(C)C. The van der Waals surface area contributed by atoms with Crippen LogP contribution in [0.4, 0.5) is 0 Å². The van der Waals surface area contributed by atoms with Gasteiger partial charge in [0.1, 0.15) is 11.5 Å². The van der Waals surface area contributed by atoms with Crippen LogP contribution in [0.15, 0.2) is 55.3 Å². The largest absolute Gasteiger partial charge is 0.378 e. The number of hydrogen-bond donors (Lipinski definition) is 2. The van der Waals surface area contributed by atoms with Gasteiger partial charge in [0.15, 0.2) is 0 Å². The lowest BCUT2D eigenvalue weighted by atomic mass is 9.68. The number of benzene rings is 2. The Morgan fingerprint density at radius 1 is 1.07 bits per heavy atom. The third kappa shape index (κ3) is 5.79. The molecule has 2 aromatic rings. The summed E-state index contributed by atoms with van der Waals surface area (Å²) < 4.78 is 0. The minimum atomic E-state index is -1.12. The molecule has 2 unspecified atom stereocenters. The lowest BCUT2D eigenvalue weighted by Crippen LogP contribution is -2.48. The van der Waals surface area contributed by atoms with E-state index in [1.807, 2.05) is 43.3 Å². The molecule has 0 aromatic heterocycles. The molecule has 8 heteroatoms. The van der Waals surface area contributed by atoms with E-state index in [1.165, 1.54) is 0 Å². The van der Waals surface area contributed by atoms with Crippen molar-refractivity contribution in [2.75, 3.05) is 41.3 Å². The maximum atomic E-state index is 13.8. The van der Waals surface area contributed by atoms with Gasteiger partial charge in [-0.15, -0.1) is 0 Å². The van der Waals surface area contributed by atoms with Crippen LogP contribution in [0.2, 0.25) is 0 Å². The second-order valence-electron chi connectivity index (χ2n) is 12.1. The smallest absolute Gasteiger partial charge is 0.253 e. The summed E-state index contributed by atoms with van der Waals surface area (Å²) >= 11 is 0. The second kappa shape index (κ2) is 12.4. The van der Waals surface area contributed by atoms with Crippen molar-refractivity contribution in [1.29, 1.82) is 5.26 Å². The van der Waals surface area contributed by atoms with E-state index in [4.69, 9.17) is 5.73 Å². The number of rotatable bonds is 10. The van der Waals surface area contributed by atoms with Gasteiger partial charge in [-0.25, -0.2) is 0 Å². The third-order valence-electron chi connectivity index (χ3n) is 8.82. The first kappa shape index (κ1) is 30.9. The van der Waals surface area contributed by atoms with Crippen LogP contribution in [0.3, 0.4) is 0 Å². The number of primary amides is 1. The van der Waals surface area contributed by atoms with Crippen molar-refractivity contribution in [1.82, 2.24) is 20.0 Å². The molecule has 2 aromatic carbocycles. The van der Waals surface area contributed by atoms with Crippen LogP contribution in [0.1, 0.15) is 64.4 Å². The topological polar surface area (TPSA) is 106 Å². The van der Waals surface area contributed by atoms with Gasteiger partial charge in [-0.1, -0.05) is 31.4 Å². The highest BCUT2D eigenvalue weighted by atomic mass is 16.2. The van der Waals surface area contributed by atoms with Crippen LogP contribution >= 0.6 is 0 Å². The van der Waals surface area contributed by atoms with E-state index in [0.717, 1.165) is 58.6 Å². The molecule has 1 heterocycles. The molecule has 0 saturated carbocycles. The Morgan fingerprint density at radius 3 is 2.21 bits per heavy atom. The Bertz CT molecular complexity index is 1360. The van der Waals surface area contributed by atoms with Gasteiger partial charge in [0.2, 0.25) is 5.91 Å². The van der Waals surface area contributed by atoms with Crippen molar-refractivity contribution < 1.29 is 9.59 Å². The predicted molar refractivity (Wildman–Crippen MR) is 168 cm³/mol. The number of nitrogens with zero attached hydrogens (tertiary/aromatic N) is 4. The summed E-state index contributed by atoms with van der Waals surface area (Å²) in [5.74, 6) is -0.505. The molecule has 222 valence electrons. The van der Waals surface area contributed by atoms with Crippen LogP contribution in [-0.4, -0.2) is 79.9 Å². The summed E-state index contributed by atoms with van der Waals surface area (Å²) in [4.78, 5) is 32.3. The average Bonchev–Trinajstić information content (AvgIpc) is 3.40. The maximum absolute atomic E-state index is 13.8. The van der Waals surface area contributed by atoms with Gasteiger partial charge in [0, 0.05) is 64.3 Å². The zero-order valence-corrected chi connectivity index (χ0v) is 25.7. The van der Waals surface area contributed by atoms with E-state index < -0.39 is 11.3 Å². The molecule has 1 saturated heterocycles. The average molecular weight is 569 g/mol. The summed E-state index contributed by atoms with van der Waals surface area (Å²) in [5.41, 5.74) is 12.4. The molecular weight excluding hydrogens is 524 g/mol. The third-order valence-corrected chi connectivity index (χ3v) is 8.82. The van der Waals surface area contributed by atoms with Crippen LogP contribution < -0.4 is 11.1 Å². The predicted octanol–water partition coefficient (Wildman–Crippen LogP) is 3.66. The van der Waals surface area contributed by atoms with E-state index in [2.05, 4.69) is 42.4 Å². The van der Waals surface area contributed by atoms with E-state index >= 15 is 0 Å². The Kier molecular flexibility index (Phi) is 9.12. The maximum Gasteiger partial charge on any atom is 0.253 e. The highest BCUT2D eigenvalue weighted by Gasteiger charge is 2.45. The van der Waals surface area contributed by atoms with Crippen LogP contribution in [0.25, 0.3) is 5.70 Å². The first-order valence-corrected chi connectivity index (χ1v) is 14.6. The molecule has 3 N–H and O–H groups in total. The quantitative estimate of drug-likeness (QED) is 0.453. The Morgan fingerprint density at radius 2 is 1.67 bits per heavy atom.